The summed E-state index contributed by atoms with van der Waals surface area (Å²) >= 11 is 1.76. The third-order valence-corrected chi connectivity index (χ3v) is 4.24. The van der Waals surface area contributed by atoms with Crippen LogP contribution in [0.3, 0.4) is 0 Å². The van der Waals surface area contributed by atoms with Gasteiger partial charge in [-0.3, -0.25) is 0 Å². The Morgan fingerprint density at radius 1 is 1.40 bits per heavy atom. The number of thiazole rings is 1. The Hall–Kier alpha value is -0.410. The predicted molar refractivity (Wildman–Crippen MR) is 63.2 cm³/mol. The predicted octanol–water partition coefficient (Wildman–Crippen LogP) is 3.65. The number of rotatable bonds is 3. The van der Waals surface area contributed by atoms with Crippen molar-refractivity contribution in [3.05, 3.63) is 16.1 Å². The second-order valence-electron chi connectivity index (χ2n) is 4.28. The largest absolute Gasteiger partial charge is 0.368 e. The SMILES string of the molecule is CCOC1(c2nc(C)cs2)CCCCC1. The lowest BCUT2D eigenvalue weighted by Gasteiger charge is -2.35. The molecule has 2 nitrogen and oxygen atoms in total. The van der Waals surface area contributed by atoms with Crippen molar-refractivity contribution in [3.8, 4) is 0 Å². The molecule has 0 radical (unpaired) electrons. The summed E-state index contributed by atoms with van der Waals surface area (Å²) in [6, 6.07) is 0. The van der Waals surface area contributed by atoms with Gasteiger partial charge in [-0.25, -0.2) is 4.98 Å². The smallest absolute Gasteiger partial charge is 0.125 e. The average Bonchev–Trinajstić information content (AvgIpc) is 2.67. The van der Waals surface area contributed by atoms with Crippen LogP contribution in [0.25, 0.3) is 0 Å². The van der Waals surface area contributed by atoms with Crippen molar-refractivity contribution in [2.24, 2.45) is 0 Å². The van der Waals surface area contributed by atoms with E-state index in [4.69, 9.17) is 4.74 Å². The molecule has 0 aliphatic heterocycles. The molecule has 0 amide bonds. The van der Waals surface area contributed by atoms with E-state index >= 15 is 0 Å². The number of hydrogen-bond donors (Lipinski definition) is 0. The number of hydrogen-bond acceptors (Lipinski definition) is 3. The average molecular weight is 225 g/mol. The molecule has 1 aromatic rings. The number of aryl methyl sites for hydroxylation is 1. The van der Waals surface area contributed by atoms with Crippen LogP contribution in [0.1, 0.15) is 49.7 Å². The quantitative estimate of drug-likeness (QED) is 0.783. The van der Waals surface area contributed by atoms with E-state index < -0.39 is 0 Å². The van der Waals surface area contributed by atoms with E-state index in [9.17, 15) is 0 Å². The van der Waals surface area contributed by atoms with E-state index in [-0.39, 0.29) is 5.60 Å². The normalized spacial score (nSPS) is 20.4. The molecule has 15 heavy (non-hydrogen) atoms. The minimum Gasteiger partial charge on any atom is -0.368 e. The molecule has 0 N–H and O–H groups in total. The molecular formula is C12H19NOS. The van der Waals surface area contributed by atoms with E-state index in [2.05, 4.69) is 24.2 Å². The van der Waals surface area contributed by atoms with Gasteiger partial charge in [0, 0.05) is 17.7 Å². The zero-order chi connectivity index (χ0) is 10.7. The van der Waals surface area contributed by atoms with Crippen LogP contribution in [0.5, 0.6) is 0 Å². The van der Waals surface area contributed by atoms with Gasteiger partial charge in [0.15, 0.2) is 0 Å². The van der Waals surface area contributed by atoms with Gasteiger partial charge < -0.3 is 4.74 Å². The molecule has 0 unspecified atom stereocenters. The minimum absolute atomic E-state index is 0.0497. The fraction of sp³-hybridized carbons (Fsp3) is 0.750. The second kappa shape index (κ2) is 4.62. The Bertz CT molecular complexity index is 310. The molecule has 0 spiro atoms. The van der Waals surface area contributed by atoms with Gasteiger partial charge in [-0.2, -0.15) is 0 Å². The first kappa shape index (κ1) is 11.1. The molecule has 1 aliphatic carbocycles. The highest BCUT2D eigenvalue weighted by molar-refractivity contribution is 7.09. The molecular weight excluding hydrogens is 206 g/mol. The summed E-state index contributed by atoms with van der Waals surface area (Å²) < 4.78 is 6.02. The summed E-state index contributed by atoms with van der Waals surface area (Å²) in [6.45, 7) is 4.93. The maximum atomic E-state index is 6.02. The minimum atomic E-state index is -0.0497. The fourth-order valence-corrected chi connectivity index (χ4v) is 3.39. The van der Waals surface area contributed by atoms with Crippen LogP contribution >= 0.6 is 11.3 Å². The molecule has 84 valence electrons. The Kier molecular flexibility index (Phi) is 3.42. The van der Waals surface area contributed by atoms with Crippen molar-refractivity contribution in [1.29, 1.82) is 0 Å². The summed E-state index contributed by atoms with van der Waals surface area (Å²) in [5.41, 5.74) is 1.08. The lowest BCUT2D eigenvalue weighted by molar-refractivity contribution is -0.0705. The summed E-state index contributed by atoms with van der Waals surface area (Å²) in [4.78, 5) is 4.62. The summed E-state index contributed by atoms with van der Waals surface area (Å²) in [7, 11) is 0. The van der Waals surface area contributed by atoms with Crippen molar-refractivity contribution in [1.82, 2.24) is 4.98 Å². The van der Waals surface area contributed by atoms with Crippen LogP contribution < -0.4 is 0 Å². The van der Waals surface area contributed by atoms with Crippen molar-refractivity contribution in [2.45, 2.75) is 51.6 Å². The van der Waals surface area contributed by atoms with Gasteiger partial charge in [0.1, 0.15) is 10.6 Å². The van der Waals surface area contributed by atoms with Gasteiger partial charge in [0.05, 0.1) is 0 Å². The highest BCUT2D eigenvalue weighted by Gasteiger charge is 2.37. The molecule has 0 saturated heterocycles. The zero-order valence-corrected chi connectivity index (χ0v) is 10.4. The molecule has 1 aromatic heterocycles. The van der Waals surface area contributed by atoms with E-state index in [0.29, 0.717) is 0 Å². The van der Waals surface area contributed by atoms with E-state index in [1.165, 1.54) is 24.3 Å². The van der Waals surface area contributed by atoms with Crippen LogP contribution in [0, 0.1) is 6.92 Å². The topological polar surface area (TPSA) is 22.1 Å². The lowest BCUT2D eigenvalue weighted by Crippen LogP contribution is -2.32. The van der Waals surface area contributed by atoms with Crippen molar-refractivity contribution < 1.29 is 4.74 Å². The first-order chi connectivity index (χ1) is 7.27. The van der Waals surface area contributed by atoms with Gasteiger partial charge in [-0.1, -0.05) is 19.3 Å². The second-order valence-corrected chi connectivity index (χ2v) is 5.14. The maximum Gasteiger partial charge on any atom is 0.125 e. The molecule has 1 heterocycles. The van der Waals surface area contributed by atoms with Crippen LogP contribution in [0.15, 0.2) is 5.38 Å². The summed E-state index contributed by atoms with van der Waals surface area (Å²) in [5, 5.41) is 3.33. The Morgan fingerprint density at radius 2 is 2.13 bits per heavy atom. The highest BCUT2D eigenvalue weighted by atomic mass is 32.1. The third kappa shape index (κ3) is 2.23. The van der Waals surface area contributed by atoms with Gasteiger partial charge >= 0.3 is 0 Å². The number of aromatic nitrogens is 1. The van der Waals surface area contributed by atoms with Gasteiger partial charge in [0.25, 0.3) is 0 Å². The Labute approximate surface area is 95.7 Å². The Morgan fingerprint density at radius 3 is 2.67 bits per heavy atom. The fourth-order valence-electron chi connectivity index (χ4n) is 2.38. The first-order valence-corrected chi connectivity index (χ1v) is 6.71. The van der Waals surface area contributed by atoms with Crippen molar-refractivity contribution >= 4 is 11.3 Å². The third-order valence-electron chi connectivity index (χ3n) is 3.09. The molecule has 0 bridgehead atoms. The standard InChI is InChI=1S/C12H19NOS/c1-3-14-12(7-5-4-6-8-12)11-13-10(2)9-15-11/h9H,3-8H2,1-2H3. The summed E-state index contributed by atoms with van der Waals surface area (Å²) in [6.07, 6.45) is 6.19. The molecule has 1 aliphatic rings. The van der Waals surface area contributed by atoms with Crippen LogP contribution in [-0.2, 0) is 10.3 Å². The monoisotopic (exact) mass is 225 g/mol. The van der Waals surface area contributed by atoms with Crippen LogP contribution in [0.4, 0.5) is 0 Å². The molecule has 1 fully saturated rings. The molecule has 1 saturated carbocycles. The van der Waals surface area contributed by atoms with Gasteiger partial charge in [0.2, 0.25) is 0 Å². The van der Waals surface area contributed by atoms with Crippen LogP contribution in [0.2, 0.25) is 0 Å². The molecule has 0 atom stereocenters. The molecule has 0 aromatic carbocycles. The van der Waals surface area contributed by atoms with E-state index in [1.54, 1.807) is 11.3 Å². The van der Waals surface area contributed by atoms with Crippen LogP contribution in [-0.4, -0.2) is 11.6 Å². The maximum absolute atomic E-state index is 6.02. The molecule has 3 heteroatoms. The molecule has 2 rings (SSSR count). The van der Waals surface area contributed by atoms with Crippen molar-refractivity contribution in [2.75, 3.05) is 6.61 Å². The lowest BCUT2D eigenvalue weighted by atomic mass is 9.85. The first-order valence-electron chi connectivity index (χ1n) is 5.83. The summed E-state index contributed by atoms with van der Waals surface area (Å²) in [5.74, 6) is 0. The van der Waals surface area contributed by atoms with Gasteiger partial charge in [-0.05, 0) is 26.7 Å². The number of nitrogens with zero attached hydrogens (tertiary/aromatic N) is 1. The highest BCUT2D eigenvalue weighted by Crippen LogP contribution is 2.41. The van der Waals surface area contributed by atoms with E-state index in [0.717, 1.165) is 25.1 Å². The van der Waals surface area contributed by atoms with Crippen molar-refractivity contribution in [3.63, 3.8) is 0 Å². The van der Waals surface area contributed by atoms with Gasteiger partial charge in [-0.15, -0.1) is 11.3 Å². The zero-order valence-electron chi connectivity index (χ0n) is 9.58. The number of ether oxygens (including phenoxy) is 1. The Balaban J connectivity index is 2.24. The van der Waals surface area contributed by atoms with E-state index in [1.807, 2.05) is 0 Å².